The molecule has 5 rings (SSSR count). The van der Waals surface area contributed by atoms with Crippen LogP contribution in [0.2, 0.25) is 0 Å². The fraction of sp³-hybridized carbons (Fsp3) is 0.182. The third kappa shape index (κ3) is 2.65. The molecule has 6 heteroatoms. The second kappa shape index (κ2) is 6.27. The van der Waals surface area contributed by atoms with Gasteiger partial charge >= 0.3 is 0 Å². The average molecular weight is 368 g/mol. The molecular weight excluding hydrogens is 348 g/mol. The molecule has 0 atom stereocenters. The van der Waals surface area contributed by atoms with E-state index in [9.17, 15) is 0 Å². The van der Waals surface area contributed by atoms with Crippen LogP contribution < -0.4 is 4.90 Å². The van der Waals surface area contributed by atoms with E-state index in [1.807, 2.05) is 13.1 Å². The van der Waals surface area contributed by atoms with Crippen molar-refractivity contribution in [3.05, 3.63) is 77.4 Å². The van der Waals surface area contributed by atoms with Crippen molar-refractivity contribution >= 4 is 22.9 Å². The van der Waals surface area contributed by atoms with E-state index in [0.29, 0.717) is 6.54 Å². The topological polar surface area (TPSA) is 59.7 Å². The van der Waals surface area contributed by atoms with Gasteiger partial charge in [0.25, 0.3) is 0 Å². The molecule has 0 N–H and O–H groups in total. The van der Waals surface area contributed by atoms with Crippen molar-refractivity contribution in [2.45, 2.75) is 27.3 Å². The minimum absolute atomic E-state index is 0.622. The predicted molar refractivity (Wildman–Crippen MR) is 110 cm³/mol. The maximum Gasteiger partial charge on any atom is 0.150 e. The van der Waals surface area contributed by atoms with Crippen LogP contribution >= 0.6 is 0 Å². The molecule has 0 saturated heterocycles. The number of nitrogens with zero attached hydrogens (tertiary/aromatic N) is 6. The summed E-state index contributed by atoms with van der Waals surface area (Å²) in [4.78, 5) is 20.3. The van der Waals surface area contributed by atoms with E-state index in [2.05, 4.69) is 79.8 Å². The van der Waals surface area contributed by atoms with Crippen LogP contribution in [-0.2, 0) is 6.54 Å². The maximum atomic E-state index is 4.62. The summed E-state index contributed by atoms with van der Waals surface area (Å²) >= 11 is 0. The average Bonchev–Trinajstić information content (AvgIpc) is 3.06. The summed E-state index contributed by atoms with van der Waals surface area (Å²) in [5.74, 6) is 0.910. The van der Waals surface area contributed by atoms with Gasteiger partial charge in [0.15, 0.2) is 5.65 Å². The van der Waals surface area contributed by atoms with E-state index < -0.39 is 0 Å². The molecule has 0 radical (unpaired) electrons. The van der Waals surface area contributed by atoms with Crippen molar-refractivity contribution in [1.29, 1.82) is 0 Å². The van der Waals surface area contributed by atoms with Gasteiger partial charge in [-0.05, 0) is 39.0 Å². The standard InChI is InChI=1S/C22H20N6/c1-14-4-6-19(7-5-14)28-11-17-8-16(3)27(12-18-10-23-15(2)9-24-18)21-20(17)22(28)26-13-25-21/h4-11,13H,12H2,1-3H3. The molecule has 3 aromatic heterocycles. The molecule has 1 aliphatic heterocycles. The highest BCUT2D eigenvalue weighted by Crippen LogP contribution is 2.37. The van der Waals surface area contributed by atoms with Crippen molar-refractivity contribution in [2.75, 3.05) is 4.90 Å². The van der Waals surface area contributed by atoms with Crippen LogP contribution in [0.3, 0.4) is 0 Å². The fourth-order valence-corrected chi connectivity index (χ4v) is 3.62. The van der Waals surface area contributed by atoms with Crippen LogP contribution in [-0.4, -0.2) is 24.5 Å². The van der Waals surface area contributed by atoms with Gasteiger partial charge in [0, 0.05) is 29.3 Å². The van der Waals surface area contributed by atoms with Crippen LogP contribution in [0.4, 0.5) is 5.82 Å². The smallest absolute Gasteiger partial charge is 0.150 e. The fourth-order valence-electron chi connectivity index (χ4n) is 3.62. The molecular formula is C22H20N6. The van der Waals surface area contributed by atoms with Gasteiger partial charge in [-0.3, -0.25) is 9.97 Å². The van der Waals surface area contributed by atoms with E-state index >= 15 is 0 Å². The molecule has 0 spiro atoms. The van der Waals surface area contributed by atoms with Crippen molar-refractivity contribution in [3.63, 3.8) is 0 Å². The third-order valence-corrected chi connectivity index (χ3v) is 5.10. The summed E-state index contributed by atoms with van der Waals surface area (Å²) in [6.45, 7) is 6.75. The van der Waals surface area contributed by atoms with Crippen molar-refractivity contribution in [1.82, 2.24) is 24.5 Å². The number of aromatic nitrogens is 5. The molecule has 0 bridgehead atoms. The Bertz CT molecular complexity index is 1200. The number of hydrogen-bond donors (Lipinski definition) is 0. The van der Waals surface area contributed by atoms with Crippen molar-refractivity contribution in [3.8, 4) is 5.69 Å². The van der Waals surface area contributed by atoms with Crippen LogP contribution in [0.15, 0.2) is 54.9 Å². The first-order valence-electron chi connectivity index (χ1n) is 9.26. The number of hydrogen-bond acceptors (Lipinski definition) is 5. The van der Waals surface area contributed by atoms with Crippen molar-refractivity contribution < 1.29 is 0 Å². The first-order valence-corrected chi connectivity index (χ1v) is 9.26. The van der Waals surface area contributed by atoms with E-state index in [-0.39, 0.29) is 0 Å². The van der Waals surface area contributed by atoms with Crippen molar-refractivity contribution in [2.24, 2.45) is 0 Å². The molecule has 0 aliphatic carbocycles. The number of allylic oxidation sites excluding steroid dienone is 1. The highest BCUT2D eigenvalue weighted by atomic mass is 15.2. The van der Waals surface area contributed by atoms with Gasteiger partial charge in [0.05, 0.1) is 29.5 Å². The lowest BCUT2D eigenvalue weighted by atomic mass is 10.1. The Hall–Kier alpha value is -3.54. The Morgan fingerprint density at radius 2 is 1.71 bits per heavy atom. The second-order valence-electron chi connectivity index (χ2n) is 7.21. The third-order valence-electron chi connectivity index (χ3n) is 5.10. The Morgan fingerprint density at radius 3 is 2.46 bits per heavy atom. The van der Waals surface area contributed by atoms with Crippen LogP contribution in [0.1, 0.15) is 29.4 Å². The zero-order valence-corrected chi connectivity index (χ0v) is 16.1. The Kier molecular flexibility index (Phi) is 3.72. The van der Waals surface area contributed by atoms with Gasteiger partial charge in [-0.2, -0.15) is 0 Å². The summed E-state index contributed by atoms with van der Waals surface area (Å²) in [5, 5.41) is 1.06. The molecule has 4 aromatic rings. The van der Waals surface area contributed by atoms with E-state index in [1.165, 1.54) is 5.56 Å². The lowest BCUT2D eigenvalue weighted by molar-refractivity contribution is 0.849. The van der Waals surface area contributed by atoms with Gasteiger partial charge in [-0.15, -0.1) is 0 Å². The highest BCUT2D eigenvalue weighted by Gasteiger charge is 2.24. The molecule has 0 amide bonds. The Morgan fingerprint density at radius 1 is 0.893 bits per heavy atom. The van der Waals surface area contributed by atoms with Gasteiger partial charge in [-0.25, -0.2) is 9.97 Å². The lowest BCUT2D eigenvalue weighted by Gasteiger charge is -2.27. The van der Waals surface area contributed by atoms with Crippen LogP contribution in [0.25, 0.3) is 22.8 Å². The lowest BCUT2D eigenvalue weighted by Crippen LogP contribution is -2.24. The van der Waals surface area contributed by atoms with Gasteiger partial charge in [0.1, 0.15) is 12.1 Å². The molecule has 4 heterocycles. The van der Waals surface area contributed by atoms with E-state index in [1.54, 1.807) is 12.5 Å². The zero-order chi connectivity index (χ0) is 19.3. The molecule has 138 valence electrons. The monoisotopic (exact) mass is 368 g/mol. The molecule has 0 unspecified atom stereocenters. The molecule has 0 fully saturated rings. The number of aryl methyl sites for hydroxylation is 2. The summed E-state index contributed by atoms with van der Waals surface area (Å²) in [7, 11) is 0. The molecule has 0 saturated carbocycles. The summed E-state index contributed by atoms with van der Waals surface area (Å²) in [6.07, 6.45) is 9.59. The molecule has 1 aromatic carbocycles. The molecule has 28 heavy (non-hydrogen) atoms. The first-order chi connectivity index (χ1) is 13.6. The number of benzene rings is 1. The normalized spacial score (nSPS) is 13.1. The summed E-state index contributed by atoms with van der Waals surface area (Å²) in [5.41, 5.74) is 7.32. The maximum absolute atomic E-state index is 4.62. The zero-order valence-electron chi connectivity index (χ0n) is 16.1. The SMILES string of the molecule is CC1=Cc2cn(-c3ccc(C)cc3)c3ncnc(c23)N1Cc1cnc(C)cn1. The highest BCUT2D eigenvalue weighted by molar-refractivity contribution is 6.00. The van der Waals surface area contributed by atoms with Gasteiger partial charge in [0.2, 0.25) is 0 Å². The second-order valence-corrected chi connectivity index (χ2v) is 7.21. The summed E-state index contributed by atoms with van der Waals surface area (Å²) in [6, 6.07) is 8.47. The minimum Gasteiger partial charge on any atom is -0.324 e. The van der Waals surface area contributed by atoms with Crippen LogP contribution in [0, 0.1) is 13.8 Å². The van der Waals surface area contributed by atoms with E-state index in [0.717, 1.165) is 45.2 Å². The molecule has 6 nitrogen and oxygen atoms in total. The predicted octanol–water partition coefficient (Wildman–Crippen LogP) is 4.21. The largest absolute Gasteiger partial charge is 0.324 e. The molecule has 1 aliphatic rings. The Labute approximate surface area is 163 Å². The quantitative estimate of drug-likeness (QED) is 0.542. The Balaban J connectivity index is 1.63. The van der Waals surface area contributed by atoms with E-state index in [4.69, 9.17) is 0 Å². The first kappa shape index (κ1) is 16.6. The number of rotatable bonds is 3. The van der Waals surface area contributed by atoms with Crippen LogP contribution in [0.5, 0.6) is 0 Å². The number of anilines is 1. The van der Waals surface area contributed by atoms with Gasteiger partial charge in [-0.1, -0.05) is 17.7 Å². The van der Waals surface area contributed by atoms with Gasteiger partial charge < -0.3 is 9.47 Å². The minimum atomic E-state index is 0.622. The summed E-state index contributed by atoms with van der Waals surface area (Å²) < 4.78 is 2.13.